The van der Waals surface area contributed by atoms with Crippen molar-refractivity contribution in [2.24, 2.45) is 0 Å². The smallest absolute Gasteiger partial charge is 0.266 e. The maximum absolute atomic E-state index is 13.2. The fourth-order valence-electron chi connectivity index (χ4n) is 2.42. The van der Waals surface area contributed by atoms with Gasteiger partial charge in [-0.15, -0.1) is 4.83 Å². The molecule has 0 fully saturated rings. The standard InChI is InChI=1S/C19H15ClFN3O5S2/c20-14-7-9-16(10-8-14)23-30(26,27)17-5-1-3-13(11-17)19(25)22-24-31(28,29)18-6-2-4-15(21)12-18/h1-12,23-24H,(H,22,25). The minimum Gasteiger partial charge on any atom is -0.280 e. The first kappa shape index (κ1) is 22.7. The van der Waals surface area contributed by atoms with Crippen molar-refractivity contribution in [1.82, 2.24) is 10.3 Å². The number of anilines is 1. The van der Waals surface area contributed by atoms with Crippen molar-refractivity contribution in [2.75, 3.05) is 4.72 Å². The molecule has 0 aromatic heterocycles. The third kappa shape index (κ3) is 5.79. The van der Waals surface area contributed by atoms with Gasteiger partial charge in [0.05, 0.1) is 9.79 Å². The van der Waals surface area contributed by atoms with Crippen molar-refractivity contribution >= 4 is 43.2 Å². The van der Waals surface area contributed by atoms with Gasteiger partial charge in [0, 0.05) is 16.3 Å². The largest absolute Gasteiger partial charge is 0.280 e. The summed E-state index contributed by atoms with van der Waals surface area (Å²) >= 11 is 5.78. The molecule has 0 radical (unpaired) electrons. The van der Waals surface area contributed by atoms with Crippen LogP contribution < -0.4 is 15.0 Å². The quantitative estimate of drug-likeness (QED) is 0.446. The molecule has 0 heterocycles. The minimum absolute atomic E-state index is 0.124. The van der Waals surface area contributed by atoms with Gasteiger partial charge in [-0.2, -0.15) is 0 Å². The summed E-state index contributed by atoms with van der Waals surface area (Å²) < 4.78 is 65.1. The summed E-state index contributed by atoms with van der Waals surface area (Å²) in [6, 6.07) is 15.1. The number of nitrogens with one attached hydrogen (secondary N) is 3. The zero-order valence-electron chi connectivity index (χ0n) is 15.5. The van der Waals surface area contributed by atoms with Crippen molar-refractivity contribution < 1.29 is 26.0 Å². The predicted molar refractivity (Wildman–Crippen MR) is 113 cm³/mol. The molecule has 1 amide bonds. The fraction of sp³-hybridized carbons (Fsp3) is 0. The van der Waals surface area contributed by atoms with E-state index >= 15 is 0 Å². The van der Waals surface area contributed by atoms with Crippen molar-refractivity contribution in [3.63, 3.8) is 0 Å². The number of amides is 1. The average molecular weight is 484 g/mol. The van der Waals surface area contributed by atoms with Crippen LogP contribution in [-0.4, -0.2) is 22.7 Å². The van der Waals surface area contributed by atoms with Gasteiger partial charge in [0.2, 0.25) is 0 Å². The van der Waals surface area contributed by atoms with Gasteiger partial charge in [-0.05, 0) is 60.7 Å². The first-order valence-electron chi connectivity index (χ1n) is 8.53. The van der Waals surface area contributed by atoms with Gasteiger partial charge in [-0.1, -0.05) is 23.7 Å². The maximum Gasteiger partial charge on any atom is 0.266 e. The van der Waals surface area contributed by atoms with Crippen LogP contribution in [0.25, 0.3) is 0 Å². The first-order valence-corrected chi connectivity index (χ1v) is 11.9. The van der Waals surface area contributed by atoms with Gasteiger partial charge in [0.1, 0.15) is 5.82 Å². The van der Waals surface area contributed by atoms with Crippen LogP contribution in [0.5, 0.6) is 0 Å². The lowest BCUT2D eigenvalue weighted by Gasteiger charge is -2.11. The highest BCUT2D eigenvalue weighted by atomic mass is 35.5. The molecule has 0 saturated carbocycles. The third-order valence-corrected chi connectivity index (χ3v) is 6.78. The summed E-state index contributed by atoms with van der Waals surface area (Å²) in [4.78, 5) is 13.5. The Bertz CT molecular complexity index is 1330. The second-order valence-corrected chi connectivity index (χ2v) is 9.96. The molecule has 3 N–H and O–H groups in total. The molecule has 0 aliphatic rings. The summed E-state index contributed by atoms with van der Waals surface area (Å²) in [5, 5.41) is 0.433. The number of rotatable bonds is 7. The maximum atomic E-state index is 13.2. The lowest BCUT2D eigenvalue weighted by Crippen LogP contribution is -2.41. The second kappa shape index (κ2) is 9.02. The normalized spacial score (nSPS) is 11.7. The summed E-state index contributed by atoms with van der Waals surface area (Å²) in [6.07, 6.45) is 0. The SMILES string of the molecule is O=C(NNS(=O)(=O)c1cccc(F)c1)c1cccc(S(=O)(=O)Nc2ccc(Cl)cc2)c1. The topological polar surface area (TPSA) is 121 Å². The van der Waals surface area contributed by atoms with Crippen LogP contribution in [0.4, 0.5) is 10.1 Å². The number of benzene rings is 3. The zero-order valence-corrected chi connectivity index (χ0v) is 17.9. The summed E-state index contributed by atoms with van der Waals surface area (Å²) in [7, 11) is -8.26. The van der Waals surface area contributed by atoms with Gasteiger partial charge >= 0.3 is 0 Å². The Labute approximate surface area is 183 Å². The number of carbonyl (C=O) groups excluding carboxylic acids is 1. The first-order chi connectivity index (χ1) is 14.6. The van der Waals surface area contributed by atoms with Crippen LogP contribution in [0, 0.1) is 5.82 Å². The van der Waals surface area contributed by atoms with Crippen LogP contribution in [0.3, 0.4) is 0 Å². The Hall–Kier alpha value is -2.99. The lowest BCUT2D eigenvalue weighted by atomic mass is 10.2. The molecular weight excluding hydrogens is 469 g/mol. The van der Waals surface area contributed by atoms with Gasteiger partial charge < -0.3 is 0 Å². The van der Waals surface area contributed by atoms with Crippen molar-refractivity contribution in [1.29, 1.82) is 0 Å². The molecule has 31 heavy (non-hydrogen) atoms. The van der Waals surface area contributed by atoms with Crippen LogP contribution >= 0.6 is 11.6 Å². The van der Waals surface area contributed by atoms with Gasteiger partial charge in [-0.3, -0.25) is 14.9 Å². The van der Waals surface area contributed by atoms with Crippen molar-refractivity contribution in [3.05, 3.63) is 89.2 Å². The number of hydrogen-bond donors (Lipinski definition) is 3. The van der Waals surface area contributed by atoms with E-state index in [2.05, 4.69) is 4.72 Å². The molecule has 0 spiro atoms. The number of hydrogen-bond acceptors (Lipinski definition) is 5. The molecule has 3 aromatic carbocycles. The van der Waals surface area contributed by atoms with Crippen molar-refractivity contribution in [3.8, 4) is 0 Å². The van der Waals surface area contributed by atoms with Gasteiger partial charge in [0.25, 0.3) is 26.0 Å². The Balaban J connectivity index is 1.74. The number of sulfonamides is 2. The molecule has 0 aliphatic carbocycles. The molecule has 3 rings (SSSR count). The molecule has 0 atom stereocenters. The molecule has 0 unspecified atom stereocenters. The van der Waals surface area contributed by atoms with Crippen LogP contribution in [0.15, 0.2) is 82.6 Å². The van der Waals surface area contributed by atoms with Gasteiger partial charge in [-0.25, -0.2) is 21.2 Å². The summed E-state index contributed by atoms with van der Waals surface area (Å²) in [5.74, 6) is -1.68. The molecular formula is C19H15ClFN3O5S2. The van der Waals surface area contributed by atoms with E-state index in [0.29, 0.717) is 5.02 Å². The Morgan fingerprint density at radius 3 is 2.06 bits per heavy atom. The van der Waals surface area contributed by atoms with E-state index in [-0.39, 0.29) is 16.1 Å². The van der Waals surface area contributed by atoms with E-state index in [4.69, 9.17) is 11.6 Å². The number of halogens is 2. The predicted octanol–water partition coefficient (Wildman–Crippen LogP) is 2.90. The van der Waals surface area contributed by atoms with Crippen LogP contribution in [-0.2, 0) is 20.0 Å². The van der Waals surface area contributed by atoms with E-state index in [9.17, 15) is 26.0 Å². The molecule has 0 aliphatic heterocycles. The van der Waals surface area contributed by atoms with E-state index in [1.165, 1.54) is 48.5 Å². The Morgan fingerprint density at radius 2 is 1.42 bits per heavy atom. The highest BCUT2D eigenvalue weighted by Crippen LogP contribution is 2.19. The number of hydrazine groups is 1. The molecule has 162 valence electrons. The van der Waals surface area contributed by atoms with Gasteiger partial charge in [0.15, 0.2) is 0 Å². The molecule has 8 nitrogen and oxygen atoms in total. The van der Waals surface area contributed by atoms with E-state index in [1.807, 2.05) is 10.3 Å². The van der Waals surface area contributed by atoms with Crippen LogP contribution in [0.1, 0.15) is 10.4 Å². The monoisotopic (exact) mass is 483 g/mol. The van der Waals surface area contributed by atoms with Crippen LogP contribution in [0.2, 0.25) is 5.02 Å². The van der Waals surface area contributed by atoms with E-state index in [1.54, 1.807) is 0 Å². The second-order valence-electron chi connectivity index (χ2n) is 6.16. The fourth-order valence-corrected chi connectivity index (χ4v) is 4.52. The highest BCUT2D eigenvalue weighted by Gasteiger charge is 2.19. The highest BCUT2D eigenvalue weighted by molar-refractivity contribution is 7.92. The van der Waals surface area contributed by atoms with E-state index < -0.39 is 36.7 Å². The Morgan fingerprint density at radius 1 is 0.806 bits per heavy atom. The summed E-state index contributed by atoms with van der Waals surface area (Å²) in [5.41, 5.74) is 2.10. The summed E-state index contributed by atoms with van der Waals surface area (Å²) in [6.45, 7) is 0. The molecule has 12 heteroatoms. The zero-order chi connectivity index (χ0) is 22.6. The third-order valence-electron chi connectivity index (χ3n) is 3.91. The minimum atomic E-state index is -4.23. The van der Waals surface area contributed by atoms with Crippen molar-refractivity contribution in [2.45, 2.75) is 9.79 Å². The number of carbonyl (C=O) groups is 1. The average Bonchev–Trinajstić information content (AvgIpc) is 2.74. The molecule has 0 saturated heterocycles. The molecule has 3 aromatic rings. The Kier molecular flexibility index (Phi) is 6.60. The lowest BCUT2D eigenvalue weighted by molar-refractivity contribution is 0.0945. The molecule has 0 bridgehead atoms. The van der Waals surface area contributed by atoms with E-state index in [0.717, 1.165) is 24.3 Å².